The summed E-state index contributed by atoms with van der Waals surface area (Å²) in [4.78, 5) is 15.4. The van der Waals surface area contributed by atoms with Crippen LogP contribution in [0.15, 0.2) is 24.3 Å². The molecule has 1 aromatic carbocycles. The molecule has 110 valence electrons. The van der Waals surface area contributed by atoms with Gasteiger partial charge in [-0.15, -0.1) is 0 Å². The molecule has 1 aliphatic rings. The summed E-state index contributed by atoms with van der Waals surface area (Å²) in [5.41, 5.74) is 1.76. The van der Waals surface area contributed by atoms with Crippen LogP contribution < -0.4 is 15.1 Å². The summed E-state index contributed by atoms with van der Waals surface area (Å²) >= 11 is 16.5. The van der Waals surface area contributed by atoms with E-state index in [0.29, 0.717) is 5.69 Å². The average molecular weight is 338 g/mol. The van der Waals surface area contributed by atoms with Crippen LogP contribution in [0.5, 0.6) is 0 Å². The zero-order valence-corrected chi connectivity index (χ0v) is 13.4. The number of carbonyl (C=O) groups excluding carboxylic acids is 1. The van der Waals surface area contributed by atoms with Gasteiger partial charge in [0.05, 0.1) is 33.2 Å². The highest BCUT2D eigenvalue weighted by Gasteiger charge is 2.30. The molecule has 0 unspecified atom stereocenters. The molecule has 0 aliphatic carbocycles. The van der Waals surface area contributed by atoms with Crippen molar-refractivity contribution in [3.63, 3.8) is 0 Å². The van der Waals surface area contributed by atoms with E-state index in [4.69, 9.17) is 34.8 Å². The van der Waals surface area contributed by atoms with Crippen molar-refractivity contribution in [2.45, 2.75) is 3.79 Å². The van der Waals surface area contributed by atoms with Gasteiger partial charge in [0.15, 0.2) is 0 Å². The van der Waals surface area contributed by atoms with Gasteiger partial charge in [0.2, 0.25) is 0 Å². The van der Waals surface area contributed by atoms with Gasteiger partial charge in [0.1, 0.15) is 0 Å². The van der Waals surface area contributed by atoms with Crippen LogP contribution in [0.2, 0.25) is 0 Å². The number of quaternary nitrogens is 1. The summed E-state index contributed by atoms with van der Waals surface area (Å²) in [5.74, 6) is -0.654. The Kier molecular flexibility index (Phi) is 5.02. The Morgan fingerprint density at radius 3 is 2.25 bits per heavy atom. The third-order valence-electron chi connectivity index (χ3n) is 3.36. The third-order valence-corrected chi connectivity index (χ3v) is 3.88. The molecule has 1 aliphatic heterocycles. The standard InChI is InChI=1S/C13H16Cl3N3O/c1-18-6-8-19(9-7-18)11-4-2-10(3-5-11)17-12(20)13(14,15)16/h2-5H,6-9H2,1H3,(H,17,20)/p+1. The summed E-state index contributed by atoms with van der Waals surface area (Å²) in [6.07, 6.45) is 0. The monoisotopic (exact) mass is 336 g/mol. The molecular weight excluding hydrogens is 321 g/mol. The average Bonchev–Trinajstić information content (AvgIpc) is 2.39. The van der Waals surface area contributed by atoms with E-state index in [1.54, 1.807) is 4.90 Å². The van der Waals surface area contributed by atoms with Gasteiger partial charge >= 0.3 is 0 Å². The van der Waals surface area contributed by atoms with Gasteiger partial charge in [-0.2, -0.15) is 0 Å². The van der Waals surface area contributed by atoms with E-state index in [2.05, 4.69) is 17.3 Å². The highest BCUT2D eigenvalue weighted by atomic mass is 35.6. The summed E-state index contributed by atoms with van der Waals surface area (Å²) in [5, 5.41) is 2.56. The fraction of sp³-hybridized carbons (Fsp3) is 0.462. The maximum absolute atomic E-state index is 11.5. The Morgan fingerprint density at radius 1 is 1.20 bits per heavy atom. The number of hydrogen-bond donors (Lipinski definition) is 2. The Hall–Kier alpha value is -0.680. The molecule has 1 fully saturated rings. The first-order valence-corrected chi connectivity index (χ1v) is 7.54. The van der Waals surface area contributed by atoms with Crippen LogP contribution in [0, 0.1) is 0 Å². The lowest BCUT2D eigenvalue weighted by atomic mass is 10.2. The van der Waals surface area contributed by atoms with Crippen molar-refractivity contribution in [1.82, 2.24) is 0 Å². The topological polar surface area (TPSA) is 36.8 Å². The number of likely N-dealkylation sites (N-methyl/N-ethyl adjacent to an activating group) is 1. The van der Waals surface area contributed by atoms with Crippen molar-refractivity contribution in [3.05, 3.63) is 24.3 Å². The molecule has 4 nitrogen and oxygen atoms in total. The second-order valence-corrected chi connectivity index (χ2v) is 7.22. The third kappa shape index (κ3) is 4.16. The summed E-state index contributed by atoms with van der Waals surface area (Å²) < 4.78 is -1.95. The number of nitrogens with zero attached hydrogens (tertiary/aromatic N) is 1. The van der Waals surface area contributed by atoms with Crippen LogP contribution in [-0.2, 0) is 4.79 Å². The highest BCUT2D eigenvalue weighted by molar-refractivity contribution is 6.76. The molecule has 1 amide bonds. The molecule has 0 saturated carbocycles. The van der Waals surface area contributed by atoms with Gasteiger partial charge in [0.25, 0.3) is 9.70 Å². The van der Waals surface area contributed by atoms with E-state index in [0.717, 1.165) is 31.9 Å². The molecule has 0 aromatic heterocycles. The van der Waals surface area contributed by atoms with Crippen LogP contribution in [0.25, 0.3) is 0 Å². The Morgan fingerprint density at radius 2 is 1.75 bits per heavy atom. The number of carbonyl (C=O) groups is 1. The Bertz CT molecular complexity index is 465. The van der Waals surface area contributed by atoms with Gasteiger partial charge in [-0.3, -0.25) is 4.79 Å². The second kappa shape index (κ2) is 6.39. The van der Waals surface area contributed by atoms with Gasteiger partial charge in [0, 0.05) is 11.4 Å². The number of halogens is 3. The van der Waals surface area contributed by atoms with E-state index in [1.165, 1.54) is 0 Å². The number of benzene rings is 1. The number of rotatable bonds is 2. The van der Waals surface area contributed by atoms with Crippen molar-refractivity contribution < 1.29 is 9.69 Å². The highest BCUT2D eigenvalue weighted by Crippen LogP contribution is 2.28. The molecule has 0 spiro atoms. The maximum Gasteiger partial charge on any atom is 0.276 e. The molecule has 1 heterocycles. The zero-order valence-electron chi connectivity index (χ0n) is 11.1. The fourth-order valence-corrected chi connectivity index (χ4v) is 2.25. The van der Waals surface area contributed by atoms with Crippen molar-refractivity contribution in [2.24, 2.45) is 0 Å². The minimum atomic E-state index is -1.95. The quantitative estimate of drug-likeness (QED) is 0.799. The van der Waals surface area contributed by atoms with Gasteiger partial charge in [-0.25, -0.2) is 0 Å². The van der Waals surface area contributed by atoms with Crippen LogP contribution in [-0.4, -0.2) is 42.9 Å². The first-order chi connectivity index (χ1) is 9.36. The fourth-order valence-electron chi connectivity index (χ4n) is 2.10. The Balaban J connectivity index is 1.98. The summed E-state index contributed by atoms with van der Waals surface area (Å²) in [6.45, 7) is 4.33. The normalized spacial score (nSPS) is 17.1. The van der Waals surface area contributed by atoms with Gasteiger partial charge < -0.3 is 15.1 Å². The van der Waals surface area contributed by atoms with E-state index >= 15 is 0 Å². The molecular formula is C13H17Cl3N3O+. The molecule has 0 bridgehead atoms. The minimum absolute atomic E-state index is 0.616. The van der Waals surface area contributed by atoms with Crippen LogP contribution >= 0.6 is 34.8 Å². The number of amides is 1. The molecule has 2 rings (SSSR count). The van der Waals surface area contributed by atoms with E-state index in [9.17, 15) is 4.79 Å². The summed E-state index contributed by atoms with van der Waals surface area (Å²) in [6, 6.07) is 7.56. The number of hydrogen-bond acceptors (Lipinski definition) is 2. The zero-order chi connectivity index (χ0) is 14.8. The minimum Gasteiger partial charge on any atom is -0.360 e. The lowest BCUT2D eigenvalue weighted by Gasteiger charge is -2.31. The molecule has 20 heavy (non-hydrogen) atoms. The van der Waals surface area contributed by atoms with Crippen molar-refractivity contribution in [2.75, 3.05) is 43.4 Å². The van der Waals surface area contributed by atoms with Crippen molar-refractivity contribution in [1.29, 1.82) is 0 Å². The first kappa shape index (κ1) is 15.7. The van der Waals surface area contributed by atoms with Crippen LogP contribution in [0.4, 0.5) is 11.4 Å². The molecule has 1 saturated heterocycles. The molecule has 0 radical (unpaired) electrons. The molecule has 2 N–H and O–H groups in total. The summed E-state index contributed by atoms with van der Waals surface area (Å²) in [7, 11) is 2.20. The van der Waals surface area contributed by atoms with E-state index < -0.39 is 9.70 Å². The van der Waals surface area contributed by atoms with Crippen LogP contribution in [0.3, 0.4) is 0 Å². The van der Waals surface area contributed by atoms with Gasteiger partial charge in [-0.05, 0) is 24.3 Å². The number of alkyl halides is 3. The van der Waals surface area contributed by atoms with Crippen molar-refractivity contribution >= 4 is 52.1 Å². The lowest BCUT2D eigenvalue weighted by molar-refractivity contribution is -0.880. The van der Waals surface area contributed by atoms with Crippen molar-refractivity contribution in [3.8, 4) is 0 Å². The predicted molar refractivity (Wildman–Crippen MR) is 84.2 cm³/mol. The predicted octanol–water partition coefficient (Wildman–Crippen LogP) is 1.33. The van der Waals surface area contributed by atoms with Crippen LogP contribution in [0.1, 0.15) is 0 Å². The molecule has 0 atom stereocenters. The smallest absolute Gasteiger partial charge is 0.276 e. The number of nitrogens with one attached hydrogen (secondary N) is 2. The largest absolute Gasteiger partial charge is 0.360 e. The number of anilines is 2. The van der Waals surface area contributed by atoms with E-state index in [-0.39, 0.29) is 0 Å². The van der Waals surface area contributed by atoms with Gasteiger partial charge in [-0.1, -0.05) is 34.8 Å². The molecule has 7 heteroatoms. The Labute approximate surface area is 133 Å². The SMILES string of the molecule is C[NH+]1CCN(c2ccc(NC(=O)C(Cl)(Cl)Cl)cc2)CC1. The second-order valence-electron chi connectivity index (χ2n) is 4.94. The van der Waals surface area contributed by atoms with E-state index in [1.807, 2.05) is 24.3 Å². The molecule has 1 aromatic rings. The maximum atomic E-state index is 11.5. The lowest BCUT2D eigenvalue weighted by Crippen LogP contribution is -3.12. The first-order valence-electron chi connectivity index (χ1n) is 6.41. The number of piperazine rings is 1.